The van der Waals surface area contributed by atoms with E-state index < -0.39 is 32.5 Å². The maximum atomic E-state index is 12.5. The zero-order chi connectivity index (χ0) is 38.2. The second kappa shape index (κ2) is 38.6. The average Bonchev–Trinajstić information content (AvgIpc) is 3.13. The molecule has 302 valence electrons. The van der Waals surface area contributed by atoms with Gasteiger partial charge in [0.25, 0.3) is 0 Å². The molecule has 0 saturated carbocycles. The number of carbonyl (C=O) groups is 2. The van der Waals surface area contributed by atoms with Gasteiger partial charge in [0.15, 0.2) is 6.10 Å². The molecule has 0 aromatic heterocycles. The molecule has 0 bridgehead atoms. The third-order valence-corrected chi connectivity index (χ3v) is 9.26. The van der Waals surface area contributed by atoms with Gasteiger partial charge in [-0.25, -0.2) is 4.57 Å². The van der Waals surface area contributed by atoms with Crippen molar-refractivity contribution in [2.24, 2.45) is 5.73 Å². The van der Waals surface area contributed by atoms with Gasteiger partial charge < -0.3 is 25.2 Å². The summed E-state index contributed by atoms with van der Waals surface area (Å²) in [6, 6.07) is 0. The smallest absolute Gasteiger partial charge is 0.462 e. The number of hydrogen-bond acceptors (Lipinski definition) is 9. The van der Waals surface area contributed by atoms with Crippen molar-refractivity contribution in [3.05, 3.63) is 48.6 Å². The van der Waals surface area contributed by atoms with Crippen LogP contribution in [0.25, 0.3) is 0 Å². The Bertz CT molecular complexity index is 999. The molecule has 11 heteroatoms. The maximum absolute atomic E-state index is 12.5. The van der Waals surface area contributed by atoms with Crippen molar-refractivity contribution in [1.82, 2.24) is 0 Å². The van der Waals surface area contributed by atoms with E-state index in [4.69, 9.17) is 29.4 Å². The normalized spacial score (nSPS) is 13.8. The number of esters is 2. The van der Waals surface area contributed by atoms with Gasteiger partial charge in [0.1, 0.15) is 6.61 Å². The van der Waals surface area contributed by atoms with Crippen molar-refractivity contribution < 1.29 is 42.7 Å². The van der Waals surface area contributed by atoms with E-state index in [1.54, 1.807) is 0 Å². The number of phosphoric ester groups is 1. The summed E-state index contributed by atoms with van der Waals surface area (Å²) < 4.78 is 32.6. The number of phosphoric acid groups is 1. The quantitative estimate of drug-likeness (QED) is 0.0240. The second-order valence-electron chi connectivity index (χ2n) is 13.2. The van der Waals surface area contributed by atoms with Gasteiger partial charge in [-0.2, -0.15) is 0 Å². The predicted molar refractivity (Wildman–Crippen MR) is 212 cm³/mol. The molecule has 2 atom stereocenters. The van der Waals surface area contributed by atoms with Gasteiger partial charge >= 0.3 is 19.8 Å². The number of rotatable bonds is 38. The highest BCUT2D eigenvalue weighted by Crippen LogP contribution is 2.43. The van der Waals surface area contributed by atoms with Gasteiger partial charge in [-0.15, -0.1) is 0 Å². The molecular weight excluding hydrogens is 681 g/mol. The van der Waals surface area contributed by atoms with E-state index in [2.05, 4.69) is 49.5 Å². The Morgan fingerprint density at radius 3 is 1.63 bits per heavy atom. The maximum Gasteiger partial charge on any atom is 0.472 e. The lowest BCUT2D eigenvalue weighted by atomic mass is 10.0. The fourth-order valence-electron chi connectivity index (χ4n) is 5.25. The van der Waals surface area contributed by atoms with E-state index >= 15 is 0 Å². The van der Waals surface area contributed by atoms with Gasteiger partial charge in [0.05, 0.1) is 13.2 Å². The molecular formula is C41H74NO9P. The monoisotopic (exact) mass is 756 g/mol. The van der Waals surface area contributed by atoms with Gasteiger partial charge in [0.2, 0.25) is 0 Å². The highest BCUT2D eigenvalue weighted by molar-refractivity contribution is 7.47. The zero-order valence-corrected chi connectivity index (χ0v) is 33.4. The summed E-state index contributed by atoms with van der Waals surface area (Å²) in [4.78, 5) is 34.7. The van der Waals surface area contributed by atoms with Crippen LogP contribution in [0.3, 0.4) is 0 Å². The fourth-order valence-corrected chi connectivity index (χ4v) is 6.02. The molecule has 0 aliphatic carbocycles. The highest BCUT2D eigenvalue weighted by Gasteiger charge is 2.25. The van der Waals surface area contributed by atoms with E-state index in [9.17, 15) is 19.0 Å². The third kappa shape index (κ3) is 37.7. The number of nitrogens with two attached hydrogens (primary N) is 1. The Hall–Kier alpha value is -2.07. The Morgan fingerprint density at radius 2 is 1.10 bits per heavy atom. The molecule has 0 aliphatic rings. The molecule has 10 nitrogen and oxygen atoms in total. The van der Waals surface area contributed by atoms with E-state index in [1.165, 1.54) is 64.2 Å². The van der Waals surface area contributed by atoms with Crippen LogP contribution in [-0.2, 0) is 32.7 Å². The van der Waals surface area contributed by atoms with Crippen LogP contribution in [0.1, 0.15) is 161 Å². The average molecular weight is 756 g/mol. The Kier molecular flexibility index (Phi) is 37.1. The van der Waals surface area contributed by atoms with E-state index in [-0.39, 0.29) is 39.2 Å². The zero-order valence-electron chi connectivity index (χ0n) is 32.5. The van der Waals surface area contributed by atoms with Crippen molar-refractivity contribution in [1.29, 1.82) is 0 Å². The van der Waals surface area contributed by atoms with Crippen LogP contribution in [0.15, 0.2) is 48.6 Å². The Balaban J connectivity index is 4.29. The number of unbranched alkanes of at least 4 members (excludes halogenated alkanes) is 16. The van der Waals surface area contributed by atoms with E-state index in [1.807, 2.05) is 6.08 Å². The molecule has 0 amide bonds. The Labute approximate surface area is 316 Å². The van der Waals surface area contributed by atoms with Gasteiger partial charge in [-0.1, -0.05) is 139 Å². The predicted octanol–water partition coefficient (Wildman–Crippen LogP) is 10.1. The number of carbonyl (C=O) groups excluding carboxylic acids is 2. The lowest BCUT2D eigenvalue weighted by Gasteiger charge is -2.19. The molecule has 0 heterocycles. The molecule has 0 spiro atoms. The molecule has 0 radical (unpaired) electrons. The first-order valence-electron chi connectivity index (χ1n) is 20.2. The molecule has 0 aromatic carbocycles. The van der Waals surface area contributed by atoms with Crippen LogP contribution in [-0.4, -0.2) is 61.0 Å². The molecule has 4 N–H and O–H groups in total. The Morgan fingerprint density at radius 1 is 0.615 bits per heavy atom. The molecule has 2 unspecified atom stereocenters. The van der Waals surface area contributed by atoms with Gasteiger partial charge in [-0.05, 0) is 57.8 Å². The highest BCUT2D eigenvalue weighted by atomic mass is 31.2. The van der Waals surface area contributed by atoms with Crippen molar-refractivity contribution in [2.75, 3.05) is 33.0 Å². The molecule has 0 aromatic rings. The van der Waals surface area contributed by atoms with Crippen LogP contribution >= 0.6 is 7.82 Å². The summed E-state index contributed by atoms with van der Waals surface area (Å²) in [6.45, 7) is 1.66. The van der Waals surface area contributed by atoms with Crippen LogP contribution in [0.4, 0.5) is 0 Å². The van der Waals surface area contributed by atoms with Gasteiger partial charge in [0, 0.05) is 26.0 Å². The van der Waals surface area contributed by atoms with Crippen molar-refractivity contribution >= 4 is 19.8 Å². The minimum Gasteiger partial charge on any atom is -0.462 e. The summed E-state index contributed by atoms with van der Waals surface area (Å²) in [7, 11) is -4.39. The lowest BCUT2D eigenvalue weighted by molar-refractivity contribution is -0.161. The number of allylic oxidation sites excluding steroid dienone is 8. The molecule has 0 rings (SSSR count). The van der Waals surface area contributed by atoms with E-state index in [0.717, 1.165) is 64.2 Å². The molecule has 52 heavy (non-hydrogen) atoms. The van der Waals surface area contributed by atoms with Crippen molar-refractivity contribution in [2.45, 2.75) is 167 Å². The first-order chi connectivity index (χ1) is 25.3. The SMILES string of the molecule is CCCCCCCCCCCCCCCC(=O)OCC(COP(=O)(O)OCCN)OC(=O)CCC/C=C\C/C=C\C/C=C\C/C=C\CCCCCO. The van der Waals surface area contributed by atoms with Crippen LogP contribution in [0.5, 0.6) is 0 Å². The summed E-state index contributed by atoms with van der Waals surface area (Å²) in [5.41, 5.74) is 5.33. The summed E-state index contributed by atoms with van der Waals surface area (Å²) in [5.74, 6) is -0.909. The van der Waals surface area contributed by atoms with Gasteiger partial charge in [-0.3, -0.25) is 18.6 Å². The summed E-state index contributed by atoms with van der Waals surface area (Å²) in [6.07, 6.45) is 40.2. The second-order valence-corrected chi connectivity index (χ2v) is 14.7. The first-order valence-corrected chi connectivity index (χ1v) is 21.7. The van der Waals surface area contributed by atoms with Crippen LogP contribution < -0.4 is 5.73 Å². The summed E-state index contributed by atoms with van der Waals surface area (Å²) in [5, 5.41) is 8.78. The number of ether oxygens (including phenoxy) is 2. The number of hydrogen-bond donors (Lipinski definition) is 3. The number of aliphatic hydroxyl groups is 1. The lowest BCUT2D eigenvalue weighted by Crippen LogP contribution is -2.29. The van der Waals surface area contributed by atoms with Crippen LogP contribution in [0.2, 0.25) is 0 Å². The molecule has 0 aliphatic heterocycles. The standard InChI is InChI=1S/C41H74NO9P/c1-2-3-4-5-6-7-8-14-17-20-23-26-29-32-40(44)48-37-39(38-50-52(46,47)49-36-34-42)51-41(45)33-30-27-24-21-18-15-12-10-9-11-13-16-19-22-25-28-31-35-43/h9,11-12,15-16,19,21,24,39,43H,2-8,10,13-14,17-18,20,22-23,25-38,42H2,1H3,(H,46,47)/b11-9-,15-12-,19-16-,24-21-. The summed E-state index contributed by atoms with van der Waals surface area (Å²) >= 11 is 0. The van der Waals surface area contributed by atoms with Crippen LogP contribution in [0, 0.1) is 0 Å². The fraction of sp³-hybridized carbons (Fsp3) is 0.756. The molecule has 0 saturated heterocycles. The third-order valence-electron chi connectivity index (χ3n) is 8.27. The minimum absolute atomic E-state index is 0.0395. The number of aliphatic hydroxyl groups excluding tert-OH is 1. The van der Waals surface area contributed by atoms with E-state index in [0.29, 0.717) is 12.8 Å². The molecule has 0 fully saturated rings. The largest absolute Gasteiger partial charge is 0.472 e. The van der Waals surface area contributed by atoms with Crippen molar-refractivity contribution in [3.63, 3.8) is 0 Å². The van der Waals surface area contributed by atoms with Crippen molar-refractivity contribution in [3.8, 4) is 0 Å². The first kappa shape index (κ1) is 49.9. The topological polar surface area (TPSA) is 155 Å². The minimum atomic E-state index is -4.39.